The summed E-state index contributed by atoms with van der Waals surface area (Å²) in [5.74, 6) is 2.76. The fourth-order valence-corrected chi connectivity index (χ4v) is 3.46. The Morgan fingerprint density at radius 1 is 1.24 bits per heavy atom. The fourth-order valence-electron chi connectivity index (χ4n) is 3.46. The number of rotatable bonds is 8. The number of hydrogen-bond acceptors (Lipinski definition) is 6. The van der Waals surface area contributed by atoms with Crippen molar-refractivity contribution in [3.63, 3.8) is 0 Å². The van der Waals surface area contributed by atoms with Crippen molar-refractivity contribution >= 4 is 0 Å². The first-order valence-electron chi connectivity index (χ1n) is 9.20. The second-order valence-corrected chi connectivity index (χ2v) is 7.18. The average Bonchev–Trinajstić information content (AvgIpc) is 3.18. The van der Waals surface area contributed by atoms with E-state index in [1.807, 2.05) is 30.3 Å². The minimum Gasteiger partial charge on any atom is -0.491 e. The normalized spacial score (nSPS) is 20.5. The van der Waals surface area contributed by atoms with Crippen LogP contribution < -0.4 is 10.1 Å². The van der Waals surface area contributed by atoms with Crippen LogP contribution in [0, 0.1) is 0 Å². The van der Waals surface area contributed by atoms with Crippen molar-refractivity contribution in [2.45, 2.75) is 56.1 Å². The average molecular weight is 343 g/mol. The largest absolute Gasteiger partial charge is 0.491 e. The zero-order valence-corrected chi connectivity index (χ0v) is 14.4. The molecule has 0 amide bonds. The van der Waals surface area contributed by atoms with Crippen molar-refractivity contribution in [3.05, 3.63) is 42.0 Å². The molecule has 0 radical (unpaired) electrons. The Balaban J connectivity index is 1.34. The number of aromatic nitrogens is 2. The first-order chi connectivity index (χ1) is 12.3. The maximum absolute atomic E-state index is 10.3. The third-order valence-electron chi connectivity index (χ3n) is 5.12. The minimum atomic E-state index is -0.590. The van der Waals surface area contributed by atoms with E-state index >= 15 is 0 Å². The number of nitrogens with one attached hydrogen (secondary N) is 1. The smallest absolute Gasteiger partial charge is 0.229 e. The molecule has 2 N–H and O–H groups in total. The summed E-state index contributed by atoms with van der Waals surface area (Å²) in [5.41, 5.74) is -0.273. The van der Waals surface area contributed by atoms with Gasteiger partial charge in [0.25, 0.3) is 0 Å². The van der Waals surface area contributed by atoms with Crippen LogP contribution in [-0.4, -0.2) is 34.5 Å². The Hall–Kier alpha value is -1.92. The van der Waals surface area contributed by atoms with Crippen LogP contribution in [0.5, 0.6) is 5.75 Å². The highest BCUT2D eigenvalue weighted by molar-refractivity contribution is 5.21. The second-order valence-electron chi connectivity index (χ2n) is 7.18. The van der Waals surface area contributed by atoms with Crippen molar-refractivity contribution in [1.29, 1.82) is 0 Å². The molecule has 1 heterocycles. The molecule has 2 aliphatic carbocycles. The van der Waals surface area contributed by atoms with Gasteiger partial charge in [0.1, 0.15) is 18.5 Å². The predicted molar refractivity (Wildman–Crippen MR) is 92.4 cm³/mol. The summed E-state index contributed by atoms with van der Waals surface area (Å²) in [7, 11) is 0. The third kappa shape index (κ3) is 3.85. The van der Waals surface area contributed by atoms with E-state index in [0.717, 1.165) is 56.0 Å². The van der Waals surface area contributed by atoms with Gasteiger partial charge in [-0.1, -0.05) is 36.2 Å². The van der Waals surface area contributed by atoms with Gasteiger partial charge in [-0.3, -0.25) is 0 Å². The van der Waals surface area contributed by atoms with E-state index in [9.17, 15) is 5.11 Å². The number of para-hydroxylation sites is 1. The van der Waals surface area contributed by atoms with Gasteiger partial charge in [0, 0.05) is 12.5 Å². The molecule has 6 heteroatoms. The van der Waals surface area contributed by atoms with Crippen LogP contribution in [0.25, 0.3) is 0 Å². The molecule has 2 fully saturated rings. The number of aliphatic hydroxyl groups excluding tert-OH is 1. The SMILES string of the molecule is OC(CNC1(c2noc(C3CC3)n2)CCCC1)COc1ccccc1. The van der Waals surface area contributed by atoms with Gasteiger partial charge in [-0.25, -0.2) is 0 Å². The second kappa shape index (κ2) is 7.14. The molecule has 25 heavy (non-hydrogen) atoms. The molecule has 2 aliphatic rings. The van der Waals surface area contributed by atoms with Gasteiger partial charge >= 0.3 is 0 Å². The highest BCUT2D eigenvalue weighted by Crippen LogP contribution is 2.42. The molecule has 4 rings (SSSR count). The first kappa shape index (κ1) is 16.5. The van der Waals surface area contributed by atoms with Gasteiger partial charge in [0.15, 0.2) is 5.82 Å². The van der Waals surface area contributed by atoms with Crippen LogP contribution in [0.1, 0.15) is 56.2 Å². The van der Waals surface area contributed by atoms with E-state index in [-0.39, 0.29) is 12.1 Å². The topological polar surface area (TPSA) is 80.4 Å². The van der Waals surface area contributed by atoms with Crippen LogP contribution in [0.2, 0.25) is 0 Å². The Kier molecular flexibility index (Phi) is 4.72. The van der Waals surface area contributed by atoms with E-state index in [1.54, 1.807) is 0 Å². The summed E-state index contributed by atoms with van der Waals surface area (Å²) in [6.07, 6.45) is 5.93. The molecule has 2 saturated carbocycles. The van der Waals surface area contributed by atoms with Gasteiger partial charge in [0.2, 0.25) is 5.89 Å². The molecular formula is C19H25N3O3. The number of aliphatic hydroxyl groups is 1. The maximum Gasteiger partial charge on any atom is 0.229 e. The van der Waals surface area contributed by atoms with Gasteiger partial charge < -0.3 is 19.7 Å². The van der Waals surface area contributed by atoms with Gasteiger partial charge in [-0.2, -0.15) is 4.98 Å². The Morgan fingerprint density at radius 3 is 2.72 bits per heavy atom. The monoisotopic (exact) mass is 343 g/mol. The number of nitrogens with zero attached hydrogens (tertiary/aromatic N) is 2. The van der Waals surface area contributed by atoms with Crippen LogP contribution in [0.3, 0.4) is 0 Å². The van der Waals surface area contributed by atoms with E-state index in [4.69, 9.17) is 9.26 Å². The van der Waals surface area contributed by atoms with E-state index in [2.05, 4.69) is 15.5 Å². The van der Waals surface area contributed by atoms with Crippen molar-refractivity contribution in [1.82, 2.24) is 15.5 Å². The lowest BCUT2D eigenvalue weighted by atomic mass is 9.96. The van der Waals surface area contributed by atoms with Gasteiger partial charge in [-0.15, -0.1) is 0 Å². The molecule has 0 bridgehead atoms. The molecule has 0 saturated heterocycles. The van der Waals surface area contributed by atoms with Crippen LogP contribution in [0.4, 0.5) is 0 Å². The molecular weight excluding hydrogens is 318 g/mol. The zero-order valence-electron chi connectivity index (χ0n) is 14.4. The van der Waals surface area contributed by atoms with E-state index < -0.39 is 6.10 Å². The van der Waals surface area contributed by atoms with Gasteiger partial charge in [-0.05, 0) is 37.8 Å². The Labute approximate surface area is 147 Å². The number of benzene rings is 1. The summed E-state index contributed by atoms with van der Waals surface area (Å²) < 4.78 is 11.1. The quantitative estimate of drug-likeness (QED) is 0.767. The predicted octanol–water partition coefficient (Wildman–Crippen LogP) is 2.75. The minimum absolute atomic E-state index is 0.257. The number of ether oxygens (including phenoxy) is 1. The van der Waals surface area contributed by atoms with Crippen LogP contribution in [0.15, 0.2) is 34.9 Å². The Morgan fingerprint density at radius 2 is 2.00 bits per heavy atom. The molecule has 1 aromatic heterocycles. The summed E-state index contributed by atoms with van der Waals surface area (Å²) in [6.45, 7) is 0.701. The molecule has 134 valence electrons. The molecule has 0 spiro atoms. The lowest BCUT2D eigenvalue weighted by molar-refractivity contribution is 0.0950. The lowest BCUT2D eigenvalue weighted by Crippen LogP contribution is -2.45. The maximum atomic E-state index is 10.3. The molecule has 0 aliphatic heterocycles. The first-order valence-corrected chi connectivity index (χ1v) is 9.20. The fraction of sp³-hybridized carbons (Fsp3) is 0.579. The van der Waals surface area contributed by atoms with E-state index in [0.29, 0.717) is 12.5 Å². The van der Waals surface area contributed by atoms with Crippen molar-refractivity contribution in [3.8, 4) is 5.75 Å². The summed E-state index contributed by atoms with van der Waals surface area (Å²) in [4.78, 5) is 4.64. The summed E-state index contributed by atoms with van der Waals surface area (Å²) >= 11 is 0. The zero-order chi connectivity index (χ0) is 17.1. The standard InChI is InChI=1S/C19H25N3O3/c23-15(13-24-16-6-2-1-3-7-16)12-20-19(10-4-5-11-19)18-21-17(25-22-18)14-8-9-14/h1-3,6-7,14-15,20,23H,4-5,8-13H2. The van der Waals surface area contributed by atoms with Gasteiger partial charge in [0.05, 0.1) is 5.54 Å². The van der Waals surface area contributed by atoms with Crippen molar-refractivity contribution in [2.24, 2.45) is 0 Å². The summed E-state index contributed by atoms with van der Waals surface area (Å²) in [5, 5.41) is 18.0. The highest BCUT2D eigenvalue weighted by Gasteiger charge is 2.41. The highest BCUT2D eigenvalue weighted by atomic mass is 16.5. The molecule has 1 atom stereocenters. The van der Waals surface area contributed by atoms with E-state index in [1.165, 1.54) is 0 Å². The molecule has 1 aromatic carbocycles. The van der Waals surface area contributed by atoms with Crippen molar-refractivity contribution in [2.75, 3.05) is 13.2 Å². The van der Waals surface area contributed by atoms with Crippen LogP contribution >= 0.6 is 0 Å². The third-order valence-corrected chi connectivity index (χ3v) is 5.12. The Bertz CT molecular complexity index is 678. The lowest BCUT2D eigenvalue weighted by Gasteiger charge is -2.28. The van der Waals surface area contributed by atoms with Crippen molar-refractivity contribution < 1.29 is 14.4 Å². The van der Waals surface area contributed by atoms with Crippen LogP contribution in [-0.2, 0) is 5.54 Å². The molecule has 1 unspecified atom stereocenters. The molecule has 2 aromatic rings. The number of hydrogen-bond donors (Lipinski definition) is 2. The molecule has 6 nitrogen and oxygen atoms in total. The summed E-state index contributed by atoms with van der Waals surface area (Å²) in [6, 6.07) is 9.55.